The van der Waals surface area contributed by atoms with Gasteiger partial charge in [0.2, 0.25) is 5.91 Å². The highest BCUT2D eigenvalue weighted by Gasteiger charge is 2.30. The number of carbonyl (C=O) groups is 1. The van der Waals surface area contributed by atoms with Crippen LogP contribution in [0.5, 0.6) is 0 Å². The lowest BCUT2D eigenvalue weighted by atomic mass is 10.2. The number of para-hydroxylation sites is 1. The van der Waals surface area contributed by atoms with E-state index in [1.54, 1.807) is 0 Å². The third kappa shape index (κ3) is 2.72. The Morgan fingerprint density at radius 3 is 2.58 bits per heavy atom. The summed E-state index contributed by atoms with van der Waals surface area (Å²) in [7, 11) is 2.15. The van der Waals surface area contributed by atoms with E-state index in [1.165, 1.54) is 16.6 Å². The van der Waals surface area contributed by atoms with Crippen molar-refractivity contribution in [1.29, 1.82) is 0 Å². The van der Waals surface area contributed by atoms with Crippen molar-refractivity contribution < 1.29 is 4.79 Å². The number of hydrogen-bond donors (Lipinski definition) is 0. The van der Waals surface area contributed by atoms with Crippen LogP contribution in [0.4, 0.5) is 0 Å². The average molecular weight is 326 g/mol. The van der Waals surface area contributed by atoms with Crippen LogP contribution in [0, 0.1) is 0 Å². The maximum absolute atomic E-state index is 13.0. The quantitative estimate of drug-likeness (QED) is 0.840. The fraction of sp³-hybridized carbons (Fsp3) is 0.526. The summed E-state index contributed by atoms with van der Waals surface area (Å²) < 4.78 is 2.36. The van der Waals surface area contributed by atoms with Gasteiger partial charge in [-0.25, -0.2) is 0 Å². The molecule has 0 radical (unpaired) electrons. The molecule has 5 nitrogen and oxygen atoms in total. The molecule has 1 aromatic heterocycles. The lowest BCUT2D eigenvalue weighted by molar-refractivity contribution is -0.138. The molecule has 0 aliphatic carbocycles. The largest absolute Gasteiger partial charge is 0.341 e. The van der Waals surface area contributed by atoms with E-state index in [2.05, 4.69) is 58.7 Å². The fourth-order valence-corrected chi connectivity index (χ4v) is 3.98. The SMILES string of the molecule is C[C@H](C(=O)N1CCn2c(cc3ccccc32)C1)N1CCN(C)CC1. The highest BCUT2D eigenvalue weighted by atomic mass is 16.2. The lowest BCUT2D eigenvalue weighted by Gasteiger charge is -2.38. The van der Waals surface area contributed by atoms with Crippen molar-refractivity contribution in [2.24, 2.45) is 0 Å². The molecule has 0 unspecified atom stereocenters. The van der Waals surface area contributed by atoms with Crippen molar-refractivity contribution in [1.82, 2.24) is 19.3 Å². The van der Waals surface area contributed by atoms with Gasteiger partial charge in [0.15, 0.2) is 0 Å². The van der Waals surface area contributed by atoms with Gasteiger partial charge in [-0.2, -0.15) is 0 Å². The van der Waals surface area contributed by atoms with Gasteiger partial charge in [-0.3, -0.25) is 9.69 Å². The third-order valence-electron chi connectivity index (χ3n) is 5.60. The monoisotopic (exact) mass is 326 g/mol. The summed E-state index contributed by atoms with van der Waals surface area (Å²) in [5.41, 5.74) is 2.54. The number of aromatic nitrogens is 1. The molecule has 2 aliphatic rings. The standard InChI is InChI=1S/C19H26N4O/c1-15(21-9-7-20(2)8-10-21)19(24)22-11-12-23-17(14-22)13-16-5-3-4-6-18(16)23/h3-6,13,15H,7-12,14H2,1-2H3/t15-/m1/s1. The van der Waals surface area contributed by atoms with E-state index in [4.69, 9.17) is 0 Å². The van der Waals surface area contributed by atoms with Gasteiger partial charge in [-0.1, -0.05) is 18.2 Å². The summed E-state index contributed by atoms with van der Waals surface area (Å²) in [5.74, 6) is 0.274. The Labute approximate surface area is 143 Å². The molecule has 0 spiro atoms. The Bertz CT molecular complexity index is 745. The summed E-state index contributed by atoms with van der Waals surface area (Å²) >= 11 is 0. The van der Waals surface area contributed by atoms with Gasteiger partial charge < -0.3 is 14.4 Å². The van der Waals surface area contributed by atoms with Gasteiger partial charge in [0, 0.05) is 50.5 Å². The van der Waals surface area contributed by atoms with E-state index < -0.39 is 0 Å². The van der Waals surface area contributed by atoms with Gasteiger partial charge in [-0.05, 0) is 31.5 Å². The van der Waals surface area contributed by atoms with Gasteiger partial charge in [0.1, 0.15) is 0 Å². The van der Waals surface area contributed by atoms with E-state index in [1.807, 2.05) is 4.90 Å². The van der Waals surface area contributed by atoms with Gasteiger partial charge in [-0.15, -0.1) is 0 Å². The second-order valence-electron chi connectivity index (χ2n) is 7.12. The zero-order valence-electron chi connectivity index (χ0n) is 14.6. The molecule has 1 amide bonds. The van der Waals surface area contributed by atoms with Crippen molar-refractivity contribution in [3.8, 4) is 0 Å². The topological polar surface area (TPSA) is 31.7 Å². The molecule has 4 rings (SSSR count). The first kappa shape index (κ1) is 15.7. The summed E-state index contributed by atoms with van der Waals surface area (Å²) in [5, 5.41) is 1.27. The molecule has 1 fully saturated rings. The van der Waals surface area contributed by atoms with Gasteiger partial charge in [0.05, 0.1) is 12.6 Å². The van der Waals surface area contributed by atoms with E-state index in [0.717, 1.165) is 45.8 Å². The van der Waals surface area contributed by atoms with Gasteiger partial charge >= 0.3 is 0 Å². The van der Waals surface area contributed by atoms with Crippen LogP contribution < -0.4 is 0 Å². The lowest BCUT2D eigenvalue weighted by Crippen LogP contribution is -2.54. The van der Waals surface area contributed by atoms with Gasteiger partial charge in [0.25, 0.3) is 0 Å². The first-order valence-corrected chi connectivity index (χ1v) is 8.92. The second-order valence-corrected chi connectivity index (χ2v) is 7.12. The van der Waals surface area contributed by atoms with E-state index >= 15 is 0 Å². The number of fused-ring (bicyclic) bond motifs is 3. The fourth-order valence-electron chi connectivity index (χ4n) is 3.98. The van der Waals surface area contributed by atoms with Crippen LogP contribution in [-0.2, 0) is 17.9 Å². The molecule has 1 atom stereocenters. The van der Waals surface area contributed by atoms with Crippen molar-refractivity contribution in [3.63, 3.8) is 0 Å². The summed E-state index contributed by atoms with van der Waals surface area (Å²) in [6.45, 7) is 8.56. The minimum absolute atomic E-state index is 0.0189. The minimum atomic E-state index is -0.0189. The van der Waals surface area contributed by atoms with Crippen LogP contribution in [0.3, 0.4) is 0 Å². The highest BCUT2D eigenvalue weighted by Crippen LogP contribution is 2.24. The molecule has 5 heteroatoms. The number of likely N-dealkylation sites (N-methyl/N-ethyl adjacent to an activating group) is 1. The van der Waals surface area contributed by atoms with Crippen molar-refractivity contribution in [2.45, 2.75) is 26.1 Å². The van der Waals surface area contributed by atoms with Crippen molar-refractivity contribution in [2.75, 3.05) is 39.8 Å². The minimum Gasteiger partial charge on any atom is -0.341 e. The Balaban J connectivity index is 1.48. The number of amides is 1. The summed E-state index contributed by atoms with van der Waals surface area (Å²) in [4.78, 5) is 19.7. The van der Waals surface area contributed by atoms with Crippen molar-refractivity contribution >= 4 is 16.8 Å². The zero-order chi connectivity index (χ0) is 16.7. The van der Waals surface area contributed by atoms with Crippen LogP contribution in [0.15, 0.2) is 30.3 Å². The molecular weight excluding hydrogens is 300 g/mol. The molecule has 3 heterocycles. The number of rotatable bonds is 2. The normalized spacial score (nSPS) is 21.0. The zero-order valence-corrected chi connectivity index (χ0v) is 14.6. The van der Waals surface area contributed by atoms with E-state index in [-0.39, 0.29) is 11.9 Å². The highest BCUT2D eigenvalue weighted by molar-refractivity contribution is 5.84. The van der Waals surface area contributed by atoms with E-state index in [0.29, 0.717) is 0 Å². The first-order chi connectivity index (χ1) is 11.6. The van der Waals surface area contributed by atoms with Crippen LogP contribution in [0.1, 0.15) is 12.6 Å². The van der Waals surface area contributed by atoms with Crippen molar-refractivity contribution in [3.05, 3.63) is 36.0 Å². The summed E-state index contributed by atoms with van der Waals surface area (Å²) in [6, 6.07) is 10.7. The number of carbonyl (C=O) groups excluding carboxylic acids is 1. The molecule has 0 bridgehead atoms. The predicted octanol–water partition coefficient (Wildman–Crippen LogP) is 1.62. The maximum atomic E-state index is 13.0. The summed E-state index contributed by atoms with van der Waals surface area (Å²) in [6.07, 6.45) is 0. The average Bonchev–Trinajstić information content (AvgIpc) is 2.99. The molecule has 0 saturated carbocycles. The first-order valence-electron chi connectivity index (χ1n) is 8.92. The Kier molecular flexibility index (Phi) is 4.06. The Morgan fingerprint density at radius 2 is 1.79 bits per heavy atom. The van der Waals surface area contributed by atoms with E-state index in [9.17, 15) is 4.79 Å². The Morgan fingerprint density at radius 1 is 1.04 bits per heavy atom. The number of hydrogen-bond acceptors (Lipinski definition) is 3. The number of benzene rings is 1. The molecule has 0 N–H and O–H groups in total. The number of nitrogens with zero attached hydrogens (tertiary/aromatic N) is 4. The molecule has 2 aliphatic heterocycles. The van der Waals surface area contributed by atoms with Crippen LogP contribution in [-0.4, -0.2) is 71.0 Å². The smallest absolute Gasteiger partial charge is 0.240 e. The predicted molar refractivity (Wildman–Crippen MR) is 95.9 cm³/mol. The van der Waals surface area contributed by atoms with Crippen LogP contribution in [0.25, 0.3) is 10.9 Å². The van der Waals surface area contributed by atoms with Crippen LogP contribution >= 0.6 is 0 Å². The molecule has 24 heavy (non-hydrogen) atoms. The third-order valence-corrected chi connectivity index (χ3v) is 5.60. The maximum Gasteiger partial charge on any atom is 0.240 e. The number of piperazine rings is 1. The molecule has 1 saturated heterocycles. The molecular formula is C19H26N4O. The Hall–Kier alpha value is -1.85. The molecule has 128 valence electrons. The van der Waals surface area contributed by atoms with Crippen LogP contribution in [0.2, 0.25) is 0 Å². The second kappa shape index (κ2) is 6.22. The molecule has 1 aromatic carbocycles. The molecule has 2 aromatic rings.